The van der Waals surface area contributed by atoms with Crippen LogP contribution in [0.2, 0.25) is 0 Å². The first-order valence-corrected chi connectivity index (χ1v) is 14.8. The Labute approximate surface area is 247 Å². The van der Waals surface area contributed by atoms with Crippen LogP contribution < -0.4 is 11.2 Å². The Hall–Kier alpha value is -5.12. The van der Waals surface area contributed by atoms with E-state index in [1.165, 1.54) is 6.42 Å². The molecule has 0 spiro atoms. The zero-order valence-electron chi connectivity index (χ0n) is 23.9. The molecule has 2 N–H and O–H groups in total. The molecule has 1 saturated carbocycles. The van der Waals surface area contributed by atoms with Crippen LogP contribution in [0.3, 0.4) is 0 Å². The van der Waals surface area contributed by atoms with Crippen LogP contribution in [0, 0.1) is 0 Å². The molecule has 3 aromatic carbocycles. The van der Waals surface area contributed by atoms with Crippen LogP contribution in [-0.4, -0.2) is 39.7 Å². The monoisotopic (exact) mass is 572 g/mol. The zero-order chi connectivity index (χ0) is 29.3. The van der Waals surface area contributed by atoms with E-state index in [0.29, 0.717) is 23.5 Å². The molecule has 10 nitrogen and oxygen atoms in total. The lowest BCUT2D eigenvalue weighted by molar-refractivity contribution is 0.419. The van der Waals surface area contributed by atoms with Crippen molar-refractivity contribution in [3.05, 3.63) is 117 Å². The van der Waals surface area contributed by atoms with E-state index in [1.807, 2.05) is 66.1 Å². The predicted molar refractivity (Wildman–Crippen MR) is 165 cm³/mol. The van der Waals surface area contributed by atoms with E-state index in [4.69, 9.17) is 4.98 Å². The third kappa shape index (κ3) is 4.98. The van der Waals surface area contributed by atoms with Gasteiger partial charge in [0.05, 0.1) is 6.04 Å². The van der Waals surface area contributed by atoms with Gasteiger partial charge in [0.25, 0.3) is 5.56 Å². The third-order valence-electron chi connectivity index (χ3n) is 8.63. The van der Waals surface area contributed by atoms with E-state index in [2.05, 4.69) is 49.9 Å². The van der Waals surface area contributed by atoms with Crippen molar-refractivity contribution in [1.29, 1.82) is 0 Å². The number of aromatic amines is 2. The Morgan fingerprint density at radius 2 is 1.60 bits per heavy atom. The van der Waals surface area contributed by atoms with E-state index in [1.54, 1.807) is 4.57 Å². The van der Waals surface area contributed by atoms with Gasteiger partial charge in [-0.05, 0) is 52.4 Å². The first kappa shape index (κ1) is 26.8. The Balaban J connectivity index is 1.32. The number of fused-ring (bicyclic) bond motifs is 1. The van der Waals surface area contributed by atoms with Crippen LogP contribution in [0.1, 0.15) is 67.9 Å². The van der Waals surface area contributed by atoms with Crippen LogP contribution in [0.5, 0.6) is 0 Å². The van der Waals surface area contributed by atoms with Gasteiger partial charge >= 0.3 is 5.69 Å². The van der Waals surface area contributed by atoms with Crippen LogP contribution in [0.4, 0.5) is 0 Å². The van der Waals surface area contributed by atoms with Crippen molar-refractivity contribution in [3.63, 3.8) is 0 Å². The van der Waals surface area contributed by atoms with E-state index in [9.17, 15) is 9.59 Å². The molecule has 1 aliphatic carbocycles. The zero-order valence-corrected chi connectivity index (χ0v) is 23.9. The van der Waals surface area contributed by atoms with Gasteiger partial charge in [-0.3, -0.25) is 14.3 Å². The van der Waals surface area contributed by atoms with Gasteiger partial charge in [-0.25, -0.2) is 14.9 Å². The predicted octanol–water partition coefficient (Wildman–Crippen LogP) is 5.44. The van der Waals surface area contributed by atoms with Crippen LogP contribution >= 0.6 is 0 Å². The molecule has 1 aliphatic rings. The normalized spacial score (nSPS) is 14.7. The van der Waals surface area contributed by atoms with Crippen molar-refractivity contribution in [2.24, 2.45) is 0 Å². The fraction of sp³-hybridized carbons (Fsp3) is 0.273. The second kappa shape index (κ2) is 11.3. The minimum Gasteiger partial charge on any atom is -0.317 e. The van der Waals surface area contributed by atoms with Crippen molar-refractivity contribution >= 4 is 11.2 Å². The second-order valence-corrected chi connectivity index (χ2v) is 11.3. The van der Waals surface area contributed by atoms with Crippen molar-refractivity contribution in [2.75, 3.05) is 0 Å². The summed E-state index contributed by atoms with van der Waals surface area (Å²) in [7, 11) is 0. The highest BCUT2D eigenvalue weighted by Crippen LogP contribution is 2.35. The molecular weight excluding hydrogens is 540 g/mol. The quantitative estimate of drug-likeness (QED) is 0.262. The Bertz CT molecular complexity index is 1980. The number of H-pyrrole nitrogens is 2. The molecule has 1 atom stereocenters. The van der Waals surface area contributed by atoms with Gasteiger partial charge in [0.15, 0.2) is 17.0 Å². The van der Waals surface area contributed by atoms with Gasteiger partial charge in [-0.1, -0.05) is 98.1 Å². The summed E-state index contributed by atoms with van der Waals surface area (Å²) in [6, 6.07) is 25.9. The van der Waals surface area contributed by atoms with Gasteiger partial charge < -0.3 is 4.57 Å². The van der Waals surface area contributed by atoms with Crippen LogP contribution in [0.15, 0.2) is 88.5 Å². The second-order valence-electron chi connectivity index (χ2n) is 11.3. The molecular formula is C33H32N8O2. The first-order chi connectivity index (χ1) is 21.1. The highest BCUT2D eigenvalue weighted by atomic mass is 16.2. The molecule has 10 heteroatoms. The van der Waals surface area contributed by atoms with Crippen molar-refractivity contribution in [3.8, 4) is 22.5 Å². The number of nitrogens with one attached hydrogen (secondary N) is 2. The first-order valence-electron chi connectivity index (χ1n) is 14.8. The molecule has 1 fully saturated rings. The Morgan fingerprint density at radius 3 is 2.33 bits per heavy atom. The van der Waals surface area contributed by atoms with Gasteiger partial charge in [-0.15, -0.1) is 5.10 Å². The number of tetrazole rings is 1. The minimum atomic E-state index is -0.446. The van der Waals surface area contributed by atoms with E-state index in [0.717, 1.165) is 59.3 Å². The molecule has 6 aromatic rings. The van der Waals surface area contributed by atoms with E-state index in [-0.39, 0.29) is 12.0 Å². The summed E-state index contributed by atoms with van der Waals surface area (Å²) in [5.41, 5.74) is 5.00. The summed E-state index contributed by atoms with van der Waals surface area (Å²) in [4.78, 5) is 34.4. The standard InChI is InChI=1S/C33H32N8O2/c1-21(23-10-4-2-5-11-23)41-31-28(32(42)35-33(41)43)40(30(34-31)25-12-6-3-7-13-25)20-22-16-18-24(19-17-22)26-14-8-9-15-27(26)29-36-38-39-37-29/h2,4-5,8-11,14-19,21,25H,3,6-7,12-13,20H2,1H3,(H,35,42,43)(H,36,37,38,39). The number of rotatable bonds is 7. The molecule has 43 heavy (non-hydrogen) atoms. The molecule has 3 aromatic heterocycles. The molecule has 0 amide bonds. The molecule has 0 radical (unpaired) electrons. The number of imidazole rings is 1. The molecule has 0 aliphatic heterocycles. The van der Waals surface area contributed by atoms with Crippen molar-refractivity contribution < 1.29 is 0 Å². The average molecular weight is 573 g/mol. The lowest BCUT2D eigenvalue weighted by atomic mass is 9.88. The van der Waals surface area contributed by atoms with Gasteiger partial charge in [-0.2, -0.15) is 0 Å². The fourth-order valence-electron chi connectivity index (χ4n) is 6.42. The number of hydrogen-bond acceptors (Lipinski definition) is 6. The average Bonchev–Trinajstić information content (AvgIpc) is 3.72. The largest absolute Gasteiger partial charge is 0.330 e. The SMILES string of the molecule is CC(c1ccccc1)n1c(=O)[nH]c(=O)c2c1nc(C1CCCCC1)n2Cc1ccc(-c2ccccc2-c2nnn[nH]2)cc1. The van der Waals surface area contributed by atoms with E-state index < -0.39 is 11.2 Å². The molecule has 7 rings (SSSR count). The molecule has 3 heterocycles. The Morgan fingerprint density at radius 1 is 0.884 bits per heavy atom. The number of benzene rings is 3. The topological polar surface area (TPSA) is 127 Å². The summed E-state index contributed by atoms with van der Waals surface area (Å²) in [5, 5.41) is 14.4. The highest BCUT2D eigenvalue weighted by molar-refractivity contribution is 5.80. The summed E-state index contributed by atoms with van der Waals surface area (Å²) >= 11 is 0. The number of hydrogen-bond donors (Lipinski definition) is 2. The molecule has 216 valence electrons. The van der Waals surface area contributed by atoms with Gasteiger partial charge in [0.1, 0.15) is 5.82 Å². The number of nitrogens with zero attached hydrogens (tertiary/aromatic N) is 6. The minimum absolute atomic E-state index is 0.234. The van der Waals surface area contributed by atoms with Crippen LogP contribution in [-0.2, 0) is 6.54 Å². The van der Waals surface area contributed by atoms with Crippen molar-refractivity contribution in [1.82, 2.24) is 39.7 Å². The van der Waals surface area contributed by atoms with Gasteiger partial charge in [0, 0.05) is 18.0 Å². The summed E-state index contributed by atoms with van der Waals surface area (Å²) < 4.78 is 3.67. The Kier molecular flexibility index (Phi) is 7.02. The maximum atomic E-state index is 13.5. The molecule has 1 unspecified atom stereocenters. The maximum Gasteiger partial charge on any atom is 0.330 e. The lowest BCUT2D eigenvalue weighted by Crippen LogP contribution is -2.33. The molecule has 0 bridgehead atoms. The summed E-state index contributed by atoms with van der Waals surface area (Å²) in [6.07, 6.45) is 5.51. The van der Waals surface area contributed by atoms with Gasteiger partial charge in [0.2, 0.25) is 0 Å². The maximum absolute atomic E-state index is 13.5. The summed E-state index contributed by atoms with van der Waals surface area (Å²) in [6.45, 7) is 2.44. The van der Waals surface area contributed by atoms with E-state index >= 15 is 0 Å². The molecule has 0 saturated heterocycles. The lowest BCUT2D eigenvalue weighted by Gasteiger charge is -2.22. The van der Waals surface area contributed by atoms with Crippen LogP contribution in [0.25, 0.3) is 33.7 Å². The third-order valence-corrected chi connectivity index (χ3v) is 8.63. The number of aromatic nitrogens is 8. The smallest absolute Gasteiger partial charge is 0.317 e. The highest BCUT2D eigenvalue weighted by Gasteiger charge is 2.27. The summed E-state index contributed by atoms with van der Waals surface area (Å²) in [5.74, 6) is 1.72. The van der Waals surface area contributed by atoms with Crippen molar-refractivity contribution in [2.45, 2.75) is 57.5 Å². The fourth-order valence-corrected chi connectivity index (χ4v) is 6.42.